The second-order valence-corrected chi connectivity index (χ2v) is 5.59. The highest BCUT2D eigenvalue weighted by atomic mass is 16.2. The smallest absolute Gasteiger partial charge is 0.267 e. The van der Waals surface area contributed by atoms with E-state index in [1.807, 2.05) is 13.0 Å². The lowest BCUT2D eigenvalue weighted by Crippen LogP contribution is -2.34. The summed E-state index contributed by atoms with van der Waals surface area (Å²) in [4.78, 5) is 28.7. The van der Waals surface area contributed by atoms with Gasteiger partial charge >= 0.3 is 0 Å². The molecule has 114 valence electrons. The number of amides is 1. The molecule has 0 aliphatic heterocycles. The van der Waals surface area contributed by atoms with Crippen LogP contribution >= 0.6 is 0 Å². The molecule has 1 atom stereocenters. The summed E-state index contributed by atoms with van der Waals surface area (Å²) in [5.41, 5.74) is 2.57. The third-order valence-corrected chi connectivity index (χ3v) is 3.98. The number of hydrogen-bond acceptors (Lipinski definition) is 4. The molecule has 1 aliphatic carbocycles. The predicted molar refractivity (Wildman–Crippen MR) is 82.8 cm³/mol. The number of fused-ring (bicyclic) bond motifs is 1. The van der Waals surface area contributed by atoms with E-state index in [2.05, 4.69) is 15.4 Å². The minimum Gasteiger partial charge on any atom is -0.309 e. The molecule has 0 saturated heterocycles. The first-order valence-electron chi connectivity index (χ1n) is 7.40. The maximum absolute atomic E-state index is 12.4. The van der Waals surface area contributed by atoms with Crippen LogP contribution in [-0.4, -0.2) is 20.7 Å². The van der Waals surface area contributed by atoms with Crippen molar-refractivity contribution in [3.05, 3.63) is 51.6 Å². The van der Waals surface area contributed by atoms with Crippen LogP contribution < -0.4 is 10.9 Å². The fourth-order valence-corrected chi connectivity index (χ4v) is 2.64. The van der Waals surface area contributed by atoms with Crippen molar-refractivity contribution in [3.8, 4) is 0 Å². The van der Waals surface area contributed by atoms with Gasteiger partial charge in [-0.05, 0) is 50.3 Å². The quantitative estimate of drug-likeness (QED) is 0.934. The van der Waals surface area contributed by atoms with Crippen molar-refractivity contribution >= 4 is 11.7 Å². The Morgan fingerprint density at radius 3 is 3.00 bits per heavy atom. The molecule has 2 heterocycles. The van der Waals surface area contributed by atoms with Crippen LogP contribution in [0.4, 0.5) is 5.82 Å². The molecular weight excluding hydrogens is 280 g/mol. The van der Waals surface area contributed by atoms with Crippen molar-refractivity contribution in [2.24, 2.45) is 0 Å². The first kappa shape index (κ1) is 14.4. The number of anilines is 1. The van der Waals surface area contributed by atoms with E-state index in [9.17, 15) is 9.59 Å². The van der Waals surface area contributed by atoms with E-state index < -0.39 is 6.04 Å². The normalized spacial score (nSPS) is 14.5. The molecule has 6 nitrogen and oxygen atoms in total. The van der Waals surface area contributed by atoms with E-state index in [-0.39, 0.29) is 11.5 Å². The Morgan fingerprint density at radius 1 is 1.41 bits per heavy atom. The molecular formula is C16H18N4O2. The van der Waals surface area contributed by atoms with Crippen LogP contribution in [-0.2, 0) is 17.6 Å². The predicted octanol–water partition coefficient (Wildman–Crippen LogP) is 1.64. The Kier molecular flexibility index (Phi) is 3.75. The molecule has 0 unspecified atom stereocenters. The Labute approximate surface area is 128 Å². The molecule has 1 aliphatic rings. The molecule has 0 bridgehead atoms. The van der Waals surface area contributed by atoms with Crippen molar-refractivity contribution in [2.45, 2.75) is 39.2 Å². The van der Waals surface area contributed by atoms with Gasteiger partial charge < -0.3 is 5.32 Å². The second-order valence-electron chi connectivity index (χ2n) is 5.59. The number of rotatable bonds is 3. The minimum atomic E-state index is -0.681. The molecule has 6 heteroatoms. The van der Waals surface area contributed by atoms with E-state index in [1.54, 1.807) is 25.3 Å². The molecule has 0 aromatic carbocycles. The zero-order valence-electron chi connectivity index (χ0n) is 12.7. The number of nitrogens with zero attached hydrogens (tertiary/aromatic N) is 3. The van der Waals surface area contributed by atoms with E-state index >= 15 is 0 Å². The number of carbonyl (C=O) groups is 1. The summed E-state index contributed by atoms with van der Waals surface area (Å²) in [5.74, 6) is 0.211. The van der Waals surface area contributed by atoms with Crippen LogP contribution in [0.5, 0.6) is 0 Å². The van der Waals surface area contributed by atoms with E-state index in [1.165, 1.54) is 4.68 Å². The molecule has 3 rings (SSSR count). The van der Waals surface area contributed by atoms with Gasteiger partial charge in [0.2, 0.25) is 5.91 Å². The molecule has 0 spiro atoms. The van der Waals surface area contributed by atoms with E-state index in [0.717, 1.165) is 36.1 Å². The van der Waals surface area contributed by atoms with Crippen LogP contribution in [0.3, 0.4) is 0 Å². The highest BCUT2D eigenvalue weighted by molar-refractivity contribution is 5.93. The maximum Gasteiger partial charge on any atom is 0.267 e. The third-order valence-electron chi connectivity index (χ3n) is 3.98. The van der Waals surface area contributed by atoms with Crippen LogP contribution in [0.25, 0.3) is 0 Å². The van der Waals surface area contributed by atoms with Gasteiger partial charge in [-0.2, -0.15) is 5.10 Å². The third kappa shape index (κ3) is 2.64. The molecule has 22 heavy (non-hydrogen) atoms. The highest BCUT2D eigenvalue weighted by Crippen LogP contribution is 2.18. The molecule has 0 saturated carbocycles. The second kappa shape index (κ2) is 5.71. The first-order valence-corrected chi connectivity index (χ1v) is 7.40. The van der Waals surface area contributed by atoms with Gasteiger partial charge in [-0.3, -0.25) is 9.59 Å². The SMILES string of the molecule is Cc1cccnc1NC(=O)[C@@H](C)n1nc2c(cc1=O)CCC2. The summed E-state index contributed by atoms with van der Waals surface area (Å²) in [6.45, 7) is 3.54. The standard InChI is InChI=1S/C16H18N4O2/c1-10-5-4-8-17-15(10)18-16(22)11(2)20-14(21)9-12-6-3-7-13(12)19-20/h4-5,8-9,11H,3,6-7H2,1-2H3,(H,17,18,22)/t11-/m1/s1. The Hall–Kier alpha value is -2.50. The van der Waals surface area contributed by atoms with Crippen molar-refractivity contribution in [3.63, 3.8) is 0 Å². The lowest BCUT2D eigenvalue weighted by atomic mass is 10.2. The Balaban J connectivity index is 1.85. The fraction of sp³-hybridized carbons (Fsp3) is 0.375. The van der Waals surface area contributed by atoms with E-state index in [4.69, 9.17) is 0 Å². The van der Waals surface area contributed by atoms with Crippen molar-refractivity contribution in [1.82, 2.24) is 14.8 Å². The highest BCUT2D eigenvalue weighted by Gasteiger charge is 2.22. The van der Waals surface area contributed by atoms with Crippen LogP contribution in [0, 0.1) is 6.92 Å². The zero-order chi connectivity index (χ0) is 15.7. The molecule has 1 N–H and O–H groups in total. The largest absolute Gasteiger partial charge is 0.309 e. The lowest BCUT2D eigenvalue weighted by molar-refractivity contribution is -0.119. The molecule has 1 amide bonds. The van der Waals surface area contributed by atoms with Gasteiger partial charge in [0.25, 0.3) is 5.56 Å². The molecule has 0 fully saturated rings. The summed E-state index contributed by atoms with van der Waals surface area (Å²) < 4.78 is 1.26. The summed E-state index contributed by atoms with van der Waals surface area (Å²) >= 11 is 0. The van der Waals surface area contributed by atoms with Crippen molar-refractivity contribution < 1.29 is 4.79 Å². The van der Waals surface area contributed by atoms with Crippen LogP contribution in [0.1, 0.15) is 36.2 Å². The average molecular weight is 298 g/mol. The summed E-state index contributed by atoms with van der Waals surface area (Å²) in [6.07, 6.45) is 4.39. The topological polar surface area (TPSA) is 76.9 Å². The van der Waals surface area contributed by atoms with Gasteiger partial charge in [0, 0.05) is 12.3 Å². The fourth-order valence-electron chi connectivity index (χ4n) is 2.64. The first-order chi connectivity index (χ1) is 10.6. The van der Waals surface area contributed by atoms with Crippen LogP contribution in [0.15, 0.2) is 29.2 Å². The van der Waals surface area contributed by atoms with Crippen molar-refractivity contribution in [1.29, 1.82) is 0 Å². The maximum atomic E-state index is 12.4. The molecule has 2 aromatic rings. The number of aryl methyl sites for hydroxylation is 3. The number of carbonyl (C=O) groups excluding carboxylic acids is 1. The number of hydrogen-bond donors (Lipinski definition) is 1. The Morgan fingerprint density at radius 2 is 2.23 bits per heavy atom. The number of pyridine rings is 1. The van der Waals surface area contributed by atoms with Gasteiger partial charge in [-0.25, -0.2) is 9.67 Å². The van der Waals surface area contributed by atoms with Gasteiger partial charge in [-0.1, -0.05) is 6.07 Å². The monoisotopic (exact) mass is 298 g/mol. The van der Waals surface area contributed by atoms with Gasteiger partial charge in [-0.15, -0.1) is 0 Å². The lowest BCUT2D eigenvalue weighted by Gasteiger charge is -2.15. The minimum absolute atomic E-state index is 0.235. The number of aromatic nitrogens is 3. The van der Waals surface area contributed by atoms with Gasteiger partial charge in [0.15, 0.2) is 0 Å². The summed E-state index contributed by atoms with van der Waals surface area (Å²) in [5, 5.41) is 7.11. The Bertz CT molecular complexity index is 782. The van der Waals surface area contributed by atoms with Gasteiger partial charge in [0.1, 0.15) is 11.9 Å². The molecule has 0 radical (unpaired) electrons. The average Bonchev–Trinajstić information content (AvgIpc) is 2.95. The molecule has 2 aromatic heterocycles. The van der Waals surface area contributed by atoms with Crippen molar-refractivity contribution in [2.75, 3.05) is 5.32 Å². The summed E-state index contributed by atoms with van der Waals surface area (Å²) in [6, 6.07) is 4.60. The summed E-state index contributed by atoms with van der Waals surface area (Å²) in [7, 11) is 0. The number of nitrogens with one attached hydrogen (secondary N) is 1. The zero-order valence-corrected chi connectivity index (χ0v) is 12.7. The van der Waals surface area contributed by atoms with Gasteiger partial charge in [0.05, 0.1) is 5.69 Å². The van der Waals surface area contributed by atoms with Crippen LogP contribution in [0.2, 0.25) is 0 Å². The van der Waals surface area contributed by atoms with E-state index in [0.29, 0.717) is 5.82 Å².